The topological polar surface area (TPSA) is 21.1 Å². The minimum atomic E-state index is 0.646. The Morgan fingerprint density at radius 2 is 2.10 bits per heavy atom. The molecule has 1 saturated carbocycles. The van der Waals surface area contributed by atoms with Crippen LogP contribution in [0.3, 0.4) is 0 Å². The molecule has 20 heavy (non-hydrogen) atoms. The summed E-state index contributed by atoms with van der Waals surface area (Å²) in [4.78, 5) is 2.61. The van der Waals surface area contributed by atoms with E-state index in [0.717, 1.165) is 19.0 Å². The van der Waals surface area contributed by atoms with Gasteiger partial charge < -0.3 is 0 Å². The van der Waals surface area contributed by atoms with Crippen molar-refractivity contribution in [3.05, 3.63) is 53.9 Å². The third-order valence-corrected chi connectivity index (χ3v) is 4.90. The molecule has 2 fully saturated rings. The highest BCUT2D eigenvalue weighted by Crippen LogP contribution is 2.57. The minimum absolute atomic E-state index is 0.646. The Hall–Kier alpha value is -1.61. The summed E-state index contributed by atoms with van der Waals surface area (Å²) in [6.07, 6.45) is 5.30. The molecule has 0 N–H and O–H groups in total. The number of likely N-dealkylation sites (tertiary alicyclic amines) is 1. The summed E-state index contributed by atoms with van der Waals surface area (Å²) < 4.78 is 1.98. The first-order valence-electron chi connectivity index (χ1n) is 7.49. The van der Waals surface area contributed by atoms with E-state index in [0.29, 0.717) is 5.41 Å². The highest BCUT2D eigenvalue weighted by molar-refractivity contribution is 5.24. The lowest BCUT2D eigenvalue weighted by Gasteiger charge is -2.19. The van der Waals surface area contributed by atoms with Crippen LogP contribution in [0.4, 0.5) is 0 Å². The summed E-state index contributed by atoms with van der Waals surface area (Å²) in [6.45, 7) is 6.97. The zero-order valence-corrected chi connectivity index (χ0v) is 12.0. The Morgan fingerprint density at radius 1 is 1.25 bits per heavy atom. The Labute approximate surface area is 120 Å². The zero-order valence-electron chi connectivity index (χ0n) is 12.0. The maximum Gasteiger partial charge on any atom is 0.0659 e. The average molecular weight is 267 g/mol. The summed E-state index contributed by atoms with van der Waals surface area (Å²) >= 11 is 0. The third kappa shape index (κ3) is 2.27. The molecule has 2 atom stereocenters. The molecule has 2 heterocycles. The molecule has 2 aliphatic rings. The second kappa shape index (κ2) is 4.45. The fraction of sp³-hybridized carbons (Fsp3) is 0.471. The van der Waals surface area contributed by atoms with Gasteiger partial charge in [0.2, 0.25) is 0 Å². The number of benzene rings is 1. The number of fused-ring (bicyclic) bond motifs is 1. The van der Waals surface area contributed by atoms with Crippen LogP contribution < -0.4 is 0 Å². The van der Waals surface area contributed by atoms with Crippen LogP contribution in [-0.4, -0.2) is 27.8 Å². The smallest absolute Gasteiger partial charge is 0.0659 e. The Kier molecular flexibility index (Phi) is 2.71. The number of piperidine rings is 1. The average Bonchev–Trinajstić information content (AvgIpc) is 2.81. The lowest BCUT2D eigenvalue weighted by atomic mass is 10.1. The van der Waals surface area contributed by atoms with Crippen LogP contribution in [-0.2, 0) is 13.1 Å². The quantitative estimate of drug-likeness (QED) is 0.849. The molecular formula is C17H21N3. The van der Waals surface area contributed by atoms with E-state index in [4.69, 9.17) is 0 Å². The molecule has 0 bridgehead atoms. The van der Waals surface area contributed by atoms with Crippen LogP contribution in [0.1, 0.15) is 24.5 Å². The van der Waals surface area contributed by atoms with Gasteiger partial charge in [-0.3, -0.25) is 9.58 Å². The molecular weight excluding hydrogens is 246 g/mol. The third-order valence-electron chi connectivity index (χ3n) is 4.90. The van der Waals surface area contributed by atoms with Gasteiger partial charge in [0.25, 0.3) is 0 Å². The van der Waals surface area contributed by atoms with Crippen LogP contribution >= 0.6 is 0 Å². The Morgan fingerprint density at radius 3 is 2.80 bits per heavy atom. The monoisotopic (exact) mass is 267 g/mol. The number of nitrogens with zero attached hydrogens (tertiary/aromatic N) is 3. The van der Waals surface area contributed by atoms with E-state index >= 15 is 0 Å². The first-order chi connectivity index (χ1) is 9.71. The van der Waals surface area contributed by atoms with Crippen molar-refractivity contribution >= 4 is 0 Å². The number of hydrogen-bond donors (Lipinski definition) is 0. The summed E-state index contributed by atoms with van der Waals surface area (Å²) in [7, 11) is 0. The van der Waals surface area contributed by atoms with Gasteiger partial charge in [-0.25, -0.2) is 0 Å². The molecule has 0 amide bonds. The summed E-state index contributed by atoms with van der Waals surface area (Å²) in [5, 5.41) is 4.28. The van der Waals surface area contributed by atoms with Crippen LogP contribution in [0, 0.1) is 11.3 Å². The van der Waals surface area contributed by atoms with Crippen LogP contribution in [0.25, 0.3) is 0 Å². The van der Waals surface area contributed by atoms with Gasteiger partial charge in [-0.05, 0) is 34.9 Å². The van der Waals surface area contributed by atoms with E-state index in [-0.39, 0.29) is 0 Å². The van der Waals surface area contributed by atoms with Crippen molar-refractivity contribution in [2.24, 2.45) is 11.3 Å². The fourth-order valence-corrected chi connectivity index (χ4v) is 3.66. The fourth-order valence-electron chi connectivity index (χ4n) is 3.66. The maximum atomic E-state index is 4.28. The SMILES string of the molecule is CC12CC1CN(Cc1cccc(Cn3cccn3)c1)C2. The lowest BCUT2D eigenvalue weighted by molar-refractivity contribution is 0.278. The van der Waals surface area contributed by atoms with Gasteiger partial charge >= 0.3 is 0 Å². The first kappa shape index (κ1) is 12.2. The molecule has 0 spiro atoms. The van der Waals surface area contributed by atoms with Crippen molar-refractivity contribution < 1.29 is 0 Å². The van der Waals surface area contributed by atoms with E-state index in [2.05, 4.69) is 41.2 Å². The first-order valence-corrected chi connectivity index (χ1v) is 7.49. The minimum Gasteiger partial charge on any atom is -0.298 e. The molecule has 1 saturated heterocycles. The highest BCUT2D eigenvalue weighted by Gasteiger charge is 2.55. The van der Waals surface area contributed by atoms with Crippen molar-refractivity contribution in [2.45, 2.75) is 26.4 Å². The van der Waals surface area contributed by atoms with Gasteiger partial charge in [0, 0.05) is 32.0 Å². The van der Waals surface area contributed by atoms with Gasteiger partial charge in [-0.15, -0.1) is 0 Å². The molecule has 0 radical (unpaired) electrons. The second-order valence-electron chi connectivity index (χ2n) is 6.75. The Bertz CT molecular complexity index is 604. The summed E-state index contributed by atoms with van der Waals surface area (Å²) in [5.41, 5.74) is 3.41. The normalized spacial score (nSPS) is 28.6. The molecule has 1 aromatic carbocycles. The van der Waals surface area contributed by atoms with Crippen molar-refractivity contribution in [1.29, 1.82) is 0 Å². The molecule has 3 nitrogen and oxygen atoms in total. The molecule has 1 aromatic heterocycles. The van der Waals surface area contributed by atoms with E-state index in [9.17, 15) is 0 Å². The standard InChI is InChI=1S/C17H21N3/c1-17-9-16(17)12-19(13-17)10-14-4-2-5-15(8-14)11-20-7-3-6-18-20/h2-8,16H,9-13H2,1H3. The molecule has 4 rings (SSSR count). The predicted molar refractivity (Wildman–Crippen MR) is 79.3 cm³/mol. The van der Waals surface area contributed by atoms with Crippen molar-refractivity contribution in [3.63, 3.8) is 0 Å². The predicted octanol–water partition coefficient (Wildman–Crippen LogP) is 2.77. The van der Waals surface area contributed by atoms with E-state index in [1.54, 1.807) is 0 Å². The number of hydrogen-bond acceptors (Lipinski definition) is 2. The summed E-state index contributed by atoms with van der Waals surface area (Å²) in [6, 6.07) is 10.9. The molecule has 104 valence electrons. The number of aromatic nitrogens is 2. The Balaban J connectivity index is 1.43. The lowest BCUT2D eigenvalue weighted by Crippen LogP contribution is -2.23. The van der Waals surface area contributed by atoms with Crippen LogP contribution in [0.2, 0.25) is 0 Å². The molecule has 1 aliphatic carbocycles. The van der Waals surface area contributed by atoms with Gasteiger partial charge in [-0.1, -0.05) is 31.2 Å². The molecule has 3 heteroatoms. The second-order valence-corrected chi connectivity index (χ2v) is 6.75. The molecule has 2 aromatic rings. The van der Waals surface area contributed by atoms with Gasteiger partial charge in [0.1, 0.15) is 0 Å². The van der Waals surface area contributed by atoms with Crippen LogP contribution in [0.15, 0.2) is 42.7 Å². The van der Waals surface area contributed by atoms with Crippen molar-refractivity contribution in [1.82, 2.24) is 14.7 Å². The van der Waals surface area contributed by atoms with Gasteiger partial charge in [0.15, 0.2) is 0 Å². The highest BCUT2D eigenvalue weighted by atomic mass is 15.3. The van der Waals surface area contributed by atoms with E-state index < -0.39 is 0 Å². The largest absolute Gasteiger partial charge is 0.298 e. The number of rotatable bonds is 4. The summed E-state index contributed by atoms with van der Waals surface area (Å²) in [5.74, 6) is 0.967. The molecule has 1 aliphatic heterocycles. The van der Waals surface area contributed by atoms with Gasteiger partial charge in [-0.2, -0.15) is 5.10 Å². The maximum absolute atomic E-state index is 4.28. The van der Waals surface area contributed by atoms with E-state index in [1.165, 1.54) is 30.6 Å². The van der Waals surface area contributed by atoms with Crippen LogP contribution in [0.5, 0.6) is 0 Å². The van der Waals surface area contributed by atoms with Crippen molar-refractivity contribution in [3.8, 4) is 0 Å². The molecule has 2 unspecified atom stereocenters. The zero-order chi connectivity index (χ0) is 13.6. The van der Waals surface area contributed by atoms with E-state index in [1.807, 2.05) is 23.1 Å². The van der Waals surface area contributed by atoms with Gasteiger partial charge in [0.05, 0.1) is 6.54 Å². The van der Waals surface area contributed by atoms with Crippen molar-refractivity contribution in [2.75, 3.05) is 13.1 Å².